The highest BCUT2D eigenvalue weighted by atomic mass is 35.5. The van der Waals surface area contributed by atoms with Gasteiger partial charge >= 0.3 is 5.97 Å². The van der Waals surface area contributed by atoms with E-state index in [0.29, 0.717) is 5.75 Å². The van der Waals surface area contributed by atoms with E-state index in [4.69, 9.17) is 21.4 Å². The Morgan fingerprint density at radius 1 is 1.31 bits per heavy atom. The summed E-state index contributed by atoms with van der Waals surface area (Å²) in [5.74, 6) is 0.0755. The van der Waals surface area contributed by atoms with E-state index in [9.17, 15) is 9.18 Å². The fraction of sp³-hybridized carbons (Fsp3) is 0.304. The molecule has 2 N–H and O–H groups in total. The van der Waals surface area contributed by atoms with Gasteiger partial charge in [0.05, 0.1) is 18.4 Å². The summed E-state index contributed by atoms with van der Waals surface area (Å²) in [6.07, 6.45) is 1.83. The molecule has 0 radical (unpaired) electrons. The summed E-state index contributed by atoms with van der Waals surface area (Å²) in [6, 6.07) is 9.21. The van der Waals surface area contributed by atoms with E-state index in [1.165, 1.54) is 19.1 Å². The molecule has 2 aromatic carbocycles. The molecule has 9 heteroatoms. The maximum Gasteiger partial charge on any atom is 0.320 e. The maximum atomic E-state index is 14.5. The monoisotopic (exact) mass is 460 g/mol. The summed E-state index contributed by atoms with van der Waals surface area (Å²) in [5, 5.41) is 12.0. The van der Waals surface area contributed by atoms with E-state index in [-0.39, 0.29) is 22.9 Å². The standard InChI is InChI=1S/C23H26ClFN4O3/c1-14(23(30)31)26-11-18-19(25)9-16(24)10-21(18)32-17-7-5-15(6-8-17)20-12-27-22(29(20)4)13-28(2)3/h5-10,12,14,26H,11,13H2,1-4H3,(H,30,31)/t14-/m0/s1. The molecule has 0 unspecified atom stereocenters. The minimum Gasteiger partial charge on any atom is -0.480 e. The fourth-order valence-electron chi connectivity index (χ4n) is 3.15. The Labute approximate surface area is 191 Å². The molecule has 170 valence electrons. The lowest BCUT2D eigenvalue weighted by atomic mass is 10.1. The summed E-state index contributed by atoms with van der Waals surface area (Å²) in [4.78, 5) is 17.6. The normalized spacial score (nSPS) is 12.2. The average Bonchev–Trinajstić information content (AvgIpc) is 3.07. The van der Waals surface area contributed by atoms with Crippen molar-refractivity contribution in [2.24, 2.45) is 7.05 Å². The van der Waals surface area contributed by atoms with Crippen molar-refractivity contribution in [2.45, 2.75) is 26.1 Å². The van der Waals surface area contributed by atoms with Crippen molar-refractivity contribution in [1.29, 1.82) is 0 Å². The Kier molecular flexibility index (Phi) is 7.50. The number of carbonyl (C=O) groups is 1. The molecule has 0 saturated heterocycles. The number of carboxylic acids is 1. The second kappa shape index (κ2) is 10.1. The predicted molar refractivity (Wildman–Crippen MR) is 121 cm³/mol. The first-order chi connectivity index (χ1) is 15.2. The van der Waals surface area contributed by atoms with Gasteiger partial charge in [0, 0.05) is 29.7 Å². The summed E-state index contributed by atoms with van der Waals surface area (Å²) >= 11 is 6.01. The summed E-state index contributed by atoms with van der Waals surface area (Å²) in [7, 11) is 5.95. The van der Waals surface area contributed by atoms with E-state index >= 15 is 0 Å². The van der Waals surface area contributed by atoms with E-state index in [0.717, 1.165) is 23.6 Å². The third kappa shape index (κ3) is 5.64. The van der Waals surface area contributed by atoms with Crippen LogP contribution < -0.4 is 10.1 Å². The Bertz CT molecular complexity index is 1100. The molecule has 0 amide bonds. The number of imidazole rings is 1. The molecule has 7 nitrogen and oxygen atoms in total. The minimum atomic E-state index is -1.03. The van der Waals surface area contributed by atoms with Crippen molar-refractivity contribution in [3.8, 4) is 22.8 Å². The number of aliphatic carboxylic acids is 1. The van der Waals surface area contributed by atoms with Crippen LogP contribution in [0.4, 0.5) is 4.39 Å². The van der Waals surface area contributed by atoms with Gasteiger partial charge in [0.2, 0.25) is 0 Å². The van der Waals surface area contributed by atoms with Crippen LogP contribution in [0.25, 0.3) is 11.3 Å². The molecule has 0 aliphatic rings. The second-order valence-corrected chi connectivity index (χ2v) is 8.22. The number of halogens is 2. The highest BCUT2D eigenvalue weighted by Crippen LogP contribution is 2.32. The van der Waals surface area contributed by atoms with Crippen molar-refractivity contribution >= 4 is 17.6 Å². The van der Waals surface area contributed by atoms with Crippen LogP contribution in [0, 0.1) is 5.82 Å². The van der Waals surface area contributed by atoms with Crippen LogP contribution in [0.3, 0.4) is 0 Å². The summed E-state index contributed by atoms with van der Waals surface area (Å²) in [6.45, 7) is 2.20. The van der Waals surface area contributed by atoms with Crippen LogP contribution in [0.5, 0.6) is 11.5 Å². The number of ether oxygens (including phenoxy) is 1. The fourth-order valence-corrected chi connectivity index (χ4v) is 3.35. The number of hydrogen-bond donors (Lipinski definition) is 2. The van der Waals surface area contributed by atoms with E-state index in [2.05, 4.69) is 15.2 Å². The third-order valence-corrected chi connectivity index (χ3v) is 5.21. The number of nitrogens with zero attached hydrogens (tertiary/aromatic N) is 3. The smallest absolute Gasteiger partial charge is 0.320 e. The molecular weight excluding hydrogens is 435 g/mol. The molecule has 0 saturated carbocycles. The quantitative estimate of drug-likeness (QED) is 0.495. The van der Waals surface area contributed by atoms with Gasteiger partial charge in [-0.15, -0.1) is 0 Å². The van der Waals surface area contributed by atoms with Gasteiger partial charge in [-0.25, -0.2) is 9.37 Å². The molecule has 32 heavy (non-hydrogen) atoms. The molecule has 0 aliphatic carbocycles. The lowest BCUT2D eigenvalue weighted by Crippen LogP contribution is -2.33. The lowest BCUT2D eigenvalue weighted by Gasteiger charge is -2.15. The van der Waals surface area contributed by atoms with Crippen molar-refractivity contribution in [1.82, 2.24) is 19.8 Å². The number of nitrogens with one attached hydrogen (secondary N) is 1. The first kappa shape index (κ1) is 23.7. The van der Waals surface area contributed by atoms with Crippen molar-refractivity contribution in [3.63, 3.8) is 0 Å². The van der Waals surface area contributed by atoms with E-state index in [1.54, 1.807) is 12.1 Å². The Balaban J connectivity index is 1.81. The molecule has 0 spiro atoms. The Morgan fingerprint density at radius 2 is 2.00 bits per heavy atom. The number of rotatable bonds is 9. The third-order valence-electron chi connectivity index (χ3n) is 4.99. The zero-order valence-electron chi connectivity index (χ0n) is 18.4. The number of aromatic nitrogens is 2. The molecule has 3 rings (SSSR count). The molecular formula is C23H26ClFN4O3. The lowest BCUT2D eigenvalue weighted by molar-refractivity contribution is -0.139. The van der Waals surface area contributed by atoms with Gasteiger partial charge in [0.25, 0.3) is 0 Å². The van der Waals surface area contributed by atoms with Gasteiger partial charge in [-0.05, 0) is 57.4 Å². The van der Waals surface area contributed by atoms with E-state index < -0.39 is 17.8 Å². The average molecular weight is 461 g/mol. The number of benzene rings is 2. The second-order valence-electron chi connectivity index (χ2n) is 7.79. The predicted octanol–water partition coefficient (Wildman–Crippen LogP) is 4.30. The summed E-state index contributed by atoms with van der Waals surface area (Å²) < 4.78 is 22.5. The van der Waals surface area contributed by atoms with Crippen LogP contribution in [0.2, 0.25) is 5.02 Å². The molecule has 1 aromatic heterocycles. The van der Waals surface area contributed by atoms with Crippen molar-refractivity contribution < 1.29 is 19.0 Å². The van der Waals surface area contributed by atoms with Crippen molar-refractivity contribution in [3.05, 3.63) is 64.8 Å². The minimum absolute atomic E-state index is 0.0203. The van der Waals surface area contributed by atoms with Crippen molar-refractivity contribution in [2.75, 3.05) is 14.1 Å². The summed E-state index contributed by atoms with van der Waals surface area (Å²) in [5.41, 5.74) is 2.13. The van der Waals surface area contributed by atoms with Gasteiger partial charge in [0.1, 0.15) is 29.2 Å². The number of carboxylic acid groups (broad SMARTS) is 1. The Hall–Kier alpha value is -2.94. The largest absolute Gasteiger partial charge is 0.480 e. The van der Waals surface area contributed by atoms with Gasteiger partial charge in [0.15, 0.2) is 0 Å². The van der Waals surface area contributed by atoms with Gasteiger partial charge in [-0.1, -0.05) is 11.6 Å². The van der Waals surface area contributed by atoms with Crippen LogP contribution in [0.1, 0.15) is 18.3 Å². The number of hydrogen-bond acceptors (Lipinski definition) is 5. The van der Waals surface area contributed by atoms with Crippen LogP contribution >= 0.6 is 11.6 Å². The van der Waals surface area contributed by atoms with Gasteiger partial charge in [-0.2, -0.15) is 0 Å². The Morgan fingerprint density at radius 3 is 2.62 bits per heavy atom. The first-order valence-electron chi connectivity index (χ1n) is 10.0. The first-order valence-corrected chi connectivity index (χ1v) is 10.4. The zero-order chi connectivity index (χ0) is 23.4. The van der Waals surface area contributed by atoms with Crippen LogP contribution in [-0.2, 0) is 24.9 Å². The maximum absolute atomic E-state index is 14.5. The topological polar surface area (TPSA) is 79.6 Å². The molecule has 1 heterocycles. The molecule has 0 fully saturated rings. The van der Waals surface area contributed by atoms with Gasteiger partial charge in [-0.3, -0.25) is 4.79 Å². The highest BCUT2D eigenvalue weighted by Gasteiger charge is 2.17. The molecule has 3 aromatic rings. The SMILES string of the molecule is C[C@H](NCc1c(F)cc(Cl)cc1Oc1ccc(-c2cnc(CN(C)C)n2C)cc1)C(=O)O. The van der Waals surface area contributed by atoms with Gasteiger partial charge < -0.3 is 24.6 Å². The molecule has 0 aliphatic heterocycles. The highest BCUT2D eigenvalue weighted by molar-refractivity contribution is 6.30. The van der Waals surface area contributed by atoms with Crippen LogP contribution in [-0.4, -0.2) is 45.7 Å². The van der Waals surface area contributed by atoms with Crippen LogP contribution in [0.15, 0.2) is 42.6 Å². The molecule has 0 bridgehead atoms. The zero-order valence-corrected chi connectivity index (χ0v) is 19.2. The van der Waals surface area contributed by atoms with E-state index in [1.807, 2.05) is 44.0 Å². The molecule has 1 atom stereocenters.